The summed E-state index contributed by atoms with van der Waals surface area (Å²) in [4.78, 5) is 19.1. The molecule has 5 heteroatoms. The van der Waals surface area contributed by atoms with Gasteiger partial charge >= 0.3 is 0 Å². The summed E-state index contributed by atoms with van der Waals surface area (Å²) in [5.74, 6) is 0.900. The first-order valence-corrected chi connectivity index (χ1v) is 8.73. The van der Waals surface area contributed by atoms with E-state index in [-0.39, 0.29) is 11.9 Å². The van der Waals surface area contributed by atoms with Gasteiger partial charge in [-0.15, -0.1) is 0 Å². The van der Waals surface area contributed by atoms with E-state index in [1.165, 1.54) is 5.56 Å². The van der Waals surface area contributed by atoms with Crippen LogP contribution in [0.3, 0.4) is 0 Å². The molecule has 132 valence electrons. The van der Waals surface area contributed by atoms with Crippen LogP contribution in [0.1, 0.15) is 17.2 Å². The highest BCUT2D eigenvalue weighted by molar-refractivity contribution is 5.96. The van der Waals surface area contributed by atoms with E-state index in [0.29, 0.717) is 13.0 Å². The Balaban J connectivity index is 1.59. The minimum absolute atomic E-state index is 0.104. The normalized spacial score (nSPS) is 16.2. The molecule has 2 aromatic carbocycles. The Labute approximate surface area is 152 Å². The van der Waals surface area contributed by atoms with Crippen molar-refractivity contribution in [1.82, 2.24) is 9.55 Å². The summed E-state index contributed by atoms with van der Waals surface area (Å²) in [6.07, 6.45) is 6.84. The molecule has 5 nitrogen and oxygen atoms in total. The van der Waals surface area contributed by atoms with Gasteiger partial charge in [0, 0.05) is 24.6 Å². The van der Waals surface area contributed by atoms with E-state index in [1.807, 2.05) is 59.9 Å². The van der Waals surface area contributed by atoms with Crippen LogP contribution in [0.5, 0.6) is 5.75 Å². The minimum Gasteiger partial charge on any atom is -0.497 e. The van der Waals surface area contributed by atoms with E-state index in [2.05, 4.69) is 15.6 Å². The topological polar surface area (TPSA) is 47.4 Å². The van der Waals surface area contributed by atoms with Crippen molar-refractivity contribution >= 4 is 11.6 Å². The third kappa shape index (κ3) is 3.20. The van der Waals surface area contributed by atoms with Gasteiger partial charge in [-0.2, -0.15) is 0 Å². The van der Waals surface area contributed by atoms with Crippen LogP contribution >= 0.6 is 0 Å². The third-order valence-electron chi connectivity index (χ3n) is 4.89. The minimum atomic E-state index is 0.104. The molecule has 26 heavy (non-hydrogen) atoms. The lowest BCUT2D eigenvalue weighted by Gasteiger charge is -2.35. The second kappa shape index (κ2) is 7.04. The van der Waals surface area contributed by atoms with Gasteiger partial charge < -0.3 is 14.2 Å². The van der Waals surface area contributed by atoms with Crippen molar-refractivity contribution in [1.29, 1.82) is 0 Å². The third-order valence-corrected chi connectivity index (χ3v) is 4.89. The Morgan fingerprint density at radius 1 is 1.19 bits per heavy atom. The van der Waals surface area contributed by atoms with Crippen molar-refractivity contribution < 1.29 is 9.53 Å². The Hall–Kier alpha value is -3.08. The molecule has 1 atom stereocenters. The van der Waals surface area contributed by atoms with Crippen LogP contribution in [0.15, 0.2) is 67.3 Å². The molecule has 0 radical (unpaired) electrons. The van der Waals surface area contributed by atoms with E-state index in [1.54, 1.807) is 13.3 Å². The van der Waals surface area contributed by atoms with Crippen molar-refractivity contribution in [2.75, 3.05) is 18.6 Å². The fourth-order valence-electron chi connectivity index (χ4n) is 3.51. The number of fused-ring (bicyclic) bond motifs is 1. The molecule has 4 rings (SSSR count). The molecule has 1 aromatic heterocycles. The van der Waals surface area contributed by atoms with Crippen LogP contribution in [-0.4, -0.2) is 29.1 Å². The molecule has 0 saturated heterocycles. The van der Waals surface area contributed by atoms with E-state index in [9.17, 15) is 4.79 Å². The van der Waals surface area contributed by atoms with Gasteiger partial charge in [0.05, 0.1) is 25.9 Å². The summed E-state index contributed by atoms with van der Waals surface area (Å²) in [5, 5.41) is 0. The lowest BCUT2D eigenvalue weighted by Crippen LogP contribution is -2.41. The van der Waals surface area contributed by atoms with Gasteiger partial charge in [-0.25, -0.2) is 4.98 Å². The number of amides is 1. The summed E-state index contributed by atoms with van der Waals surface area (Å²) in [7, 11) is 1.64. The molecular weight excluding hydrogens is 326 g/mol. The van der Waals surface area contributed by atoms with Crippen molar-refractivity contribution in [3.05, 3.63) is 78.4 Å². The van der Waals surface area contributed by atoms with Gasteiger partial charge in [0.2, 0.25) is 5.91 Å². The Morgan fingerprint density at radius 3 is 2.73 bits per heavy atom. The molecule has 0 unspecified atom stereocenters. The predicted octanol–water partition coefficient (Wildman–Crippen LogP) is 3.26. The van der Waals surface area contributed by atoms with Crippen LogP contribution < -0.4 is 9.64 Å². The molecule has 0 fully saturated rings. The molecule has 1 amide bonds. The number of hydrogen-bond acceptors (Lipinski definition) is 3. The number of imidazole rings is 1. The maximum Gasteiger partial charge on any atom is 0.231 e. The molecule has 0 bridgehead atoms. The van der Waals surface area contributed by atoms with Crippen LogP contribution in [0, 0.1) is 0 Å². The molecule has 2 heterocycles. The smallest absolute Gasteiger partial charge is 0.231 e. The molecule has 1 aliphatic rings. The summed E-state index contributed by atoms with van der Waals surface area (Å²) in [6.45, 7) is 0.655. The van der Waals surface area contributed by atoms with Gasteiger partial charge in [0.25, 0.3) is 0 Å². The number of methoxy groups -OCH3 is 1. The molecule has 0 spiro atoms. The summed E-state index contributed by atoms with van der Waals surface area (Å²) >= 11 is 0. The number of anilines is 1. The van der Waals surface area contributed by atoms with E-state index >= 15 is 0 Å². The molecular formula is C21H21N3O2. The van der Waals surface area contributed by atoms with Crippen molar-refractivity contribution in [3.8, 4) is 5.75 Å². The van der Waals surface area contributed by atoms with Crippen molar-refractivity contribution in [2.45, 2.75) is 18.9 Å². The molecule has 0 aliphatic carbocycles. The number of carbonyl (C=O) groups is 1. The van der Waals surface area contributed by atoms with Crippen LogP contribution in [-0.2, 0) is 17.6 Å². The largest absolute Gasteiger partial charge is 0.497 e. The van der Waals surface area contributed by atoms with Gasteiger partial charge in [0.15, 0.2) is 0 Å². The average molecular weight is 347 g/mol. The quantitative estimate of drug-likeness (QED) is 0.728. The SMILES string of the molecule is COc1ccc(CC(=O)N2C[C@H](n3ccnc3)Cc3ccccc32)cc1. The highest BCUT2D eigenvalue weighted by Crippen LogP contribution is 2.32. The zero-order valence-electron chi connectivity index (χ0n) is 14.7. The maximum absolute atomic E-state index is 13.1. The lowest BCUT2D eigenvalue weighted by molar-refractivity contribution is -0.118. The van der Waals surface area contributed by atoms with E-state index in [4.69, 9.17) is 4.74 Å². The summed E-state index contributed by atoms with van der Waals surface area (Å²) in [6, 6.07) is 16.0. The second-order valence-corrected chi connectivity index (χ2v) is 6.53. The molecule has 3 aromatic rings. The van der Waals surface area contributed by atoms with Crippen molar-refractivity contribution in [2.24, 2.45) is 0 Å². The number of hydrogen-bond donors (Lipinski definition) is 0. The number of rotatable bonds is 4. The predicted molar refractivity (Wildman–Crippen MR) is 100 cm³/mol. The number of ether oxygens (including phenoxy) is 1. The van der Waals surface area contributed by atoms with Crippen molar-refractivity contribution in [3.63, 3.8) is 0 Å². The first kappa shape index (κ1) is 16.4. The fourth-order valence-corrected chi connectivity index (χ4v) is 3.51. The van der Waals surface area contributed by atoms with Gasteiger partial charge in [-0.05, 0) is 35.7 Å². The van der Waals surface area contributed by atoms with Gasteiger partial charge in [-0.1, -0.05) is 30.3 Å². The number of para-hydroxylation sites is 1. The Kier molecular flexibility index (Phi) is 4.44. The zero-order valence-corrected chi connectivity index (χ0v) is 14.7. The monoisotopic (exact) mass is 347 g/mol. The molecule has 1 aliphatic heterocycles. The maximum atomic E-state index is 13.1. The number of nitrogens with zero attached hydrogens (tertiary/aromatic N) is 3. The standard InChI is InChI=1S/C21H21N3O2/c1-26-19-8-6-16(7-9-19)12-21(25)24-14-18(23-11-10-22-15-23)13-17-4-2-3-5-20(17)24/h2-11,15,18H,12-14H2,1H3/t18-/m1/s1. The number of carbonyl (C=O) groups excluding carboxylic acids is 1. The Bertz CT molecular complexity index is 888. The fraction of sp³-hybridized carbons (Fsp3) is 0.238. The second-order valence-electron chi connectivity index (χ2n) is 6.53. The van der Waals surface area contributed by atoms with Crippen LogP contribution in [0.4, 0.5) is 5.69 Å². The Morgan fingerprint density at radius 2 is 2.00 bits per heavy atom. The number of benzene rings is 2. The van der Waals surface area contributed by atoms with E-state index in [0.717, 1.165) is 23.4 Å². The average Bonchev–Trinajstić information content (AvgIpc) is 3.22. The summed E-state index contributed by atoms with van der Waals surface area (Å²) in [5.41, 5.74) is 3.20. The first-order chi connectivity index (χ1) is 12.7. The zero-order chi connectivity index (χ0) is 17.9. The lowest BCUT2D eigenvalue weighted by atomic mass is 9.97. The van der Waals surface area contributed by atoms with Gasteiger partial charge in [0.1, 0.15) is 5.75 Å². The highest BCUT2D eigenvalue weighted by Gasteiger charge is 2.29. The first-order valence-electron chi connectivity index (χ1n) is 8.73. The number of aromatic nitrogens is 2. The van der Waals surface area contributed by atoms with Gasteiger partial charge in [-0.3, -0.25) is 4.79 Å². The summed E-state index contributed by atoms with van der Waals surface area (Å²) < 4.78 is 7.28. The van der Waals surface area contributed by atoms with E-state index < -0.39 is 0 Å². The van der Waals surface area contributed by atoms with Crippen LogP contribution in [0.2, 0.25) is 0 Å². The van der Waals surface area contributed by atoms with Crippen LogP contribution in [0.25, 0.3) is 0 Å². The molecule has 0 N–H and O–H groups in total. The molecule has 0 saturated carbocycles. The highest BCUT2D eigenvalue weighted by atomic mass is 16.5.